The van der Waals surface area contributed by atoms with Crippen LogP contribution in [0.2, 0.25) is 0 Å². The number of hydrogen-bond acceptors (Lipinski definition) is 4. The van der Waals surface area contributed by atoms with Gasteiger partial charge in [-0.3, -0.25) is 0 Å². The van der Waals surface area contributed by atoms with Gasteiger partial charge < -0.3 is 5.32 Å². The number of rotatable bonds is 9. The summed E-state index contributed by atoms with van der Waals surface area (Å²) in [7, 11) is -2.87. The van der Waals surface area contributed by atoms with Gasteiger partial charge in [0.1, 0.15) is 9.84 Å². The van der Waals surface area contributed by atoms with E-state index in [2.05, 4.69) is 19.2 Å². The van der Waals surface area contributed by atoms with Gasteiger partial charge in [0.25, 0.3) is 0 Å². The molecule has 20 heavy (non-hydrogen) atoms. The lowest BCUT2D eigenvalue weighted by molar-refractivity contribution is 0.286. The van der Waals surface area contributed by atoms with Crippen LogP contribution in [-0.4, -0.2) is 44.0 Å². The average Bonchev–Trinajstić information content (AvgIpc) is 2.42. The zero-order chi connectivity index (χ0) is 15.0. The molecule has 120 valence electrons. The minimum atomic E-state index is -2.87. The summed E-state index contributed by atoms with van der Waals surface area (Å²) in [6.07, 6.45) is 7.70. The van der Waals surface area contributed by atoms with E-state index in [1.165, 1.54) is 24.9 Å². The lowest BCUT2D eigenvalue weighted by atomic mass is 9.84. The zero-order valence-corrected chi connectivity index (χ0v) is 14.9. The van der Waals surface area contributed by atoms with Crippen LogP contribution in [0, 0.1) is 5.92 Å². The van der Waals surface area contributed by atoms with Crippen molar-refractivity contribution < 1.29 is 8.42 Å². The van der Waals surface area contributed by atoms with Crippen LogP contribution in [-0.2, 0) is 9.84 Å². The van der Waals surface area contributed by atoms with E-state index < -0.39 is 9.84 Å². The van der Waals surface area contributed by atoms with Gasteiger partial charge in [0.2, 0.25) is 0 Å². The van der Waals surface area contributed by atoms with E-state index in [1.807, 2.05) is 11.8 Å². The standard InChI is InChI=1S/C15H31NO2S2/c1-4-9-16-15(12-19-10-5-2)13-7-6-8-14(11-13)20(3,17)18/h13-16H,4-12H2,1-3H3. The third kappa shape index (κ3) is 6.35. The van der Waals surface area contributed by atoms with Crippen molar-refractivity contribution >= 4 is 21.6 Å². The van der Waals surface area contributed by atoms with Crippen molar-refractivity contribution in [2.45, 2.75) is 63.7 Å². The Bertz CT molecular complexity index is 357. The second-order valence-corrected chi connectivity index (χ2v) is 9.49. The maximum absolute atomic E-state index is 11.8. The number of thioether (sulfide) groups is 1. The summed E-state index contributed by atoms with van der Waals surface area (Å²) in [4.78, 5) is 0. The maximum Gasteiger partial charge on any atom is 0.150 e. The fourth-order valence-electron chi connectivity index (χ4n) is 2.98. The van der Waals surface area contributed by atoms with Gasteiger partial charge in [-0.25, -0.2) is 8.42 Å². The van der Waals surface area contributed by atoms with Crippen LogP contribution in [0.3, 0.4) is 0 Å². The van der Waals surface area contributed by atoms with Crippen LogP contribution in [0.15, 0.2) is 0 Å². The highest BCUT2D eigenvalue weighted by atomic mass is 32.2. The summed E-state index contributed by atoms with van der Waals surface area (Å²) in [6.45, 7) is 5.43. The van der Waals surface area contributed by atoms with Gasteiger partial charge in [-0.1, -0.05) is 20.3 Å². The Labute approximate surface area is 129 Å². The number of sulfone groups is 1. The Hall–Kier alpha value is 0.260. The lowest BCUT2D eigenvalue weighted by Gasteiger charge is -2.34. The molecule has 5 heteroatoms. The molecule has 0 heterocycles. The van der Waals surface area contributed by atoms with Crippen molar-refractivity contribution in [1.82, 2.24) is 5.32 Å². The first-order chi connectivity index (χ1) is 9.49. The fourth-order valence-corrected chi connectivity index (χ4v) is 5.27. The molecule has 0 saturated heterocycles. The zero-order valence-electron chi connectivity index (χ0n) is 13.2. The molecule has 0 aromatic heterocycles. The van der Waals surface area contributed by atoms with Crippen LogP contribution in [0.1, 0.15) is 52.4 Å². The van der Waals surface area contributed by atoms with E-state index >= 15 is 0 Å². The van der Waals surface area contributed by atoms with Gasteiger partial charge >= 0.3 is 0 Å². The summed E-state index contributed by atoms with van der Waals surface area (Å²) in [5.74, 6) is 2.85. The number of hydrogen-bond donors (Lipinski definition) is 1. The molecule has 1 N–H and O–H groups in total. The van der Waals surface area contributed by atoms with Crippen molar-refractivity contribution in [2.75, 3.05) is 24.3 Å². The molecule has 3 unspecified atom stereocenters. The fraction of sp³-hybridized carbons (Fsp3) is 1.00. The van der Waals surface area contributed by atoms with Crippen molar-refractivity contribution in [3.05, 3.63) is 0 Å². The largest absolute Gasteiger partial charge is 0.313 e. The first-order valence-electron chi connectivity index (χ1n) is 7.99. The monoisotopic (exact) mass is 321 g/mol. The van der Waals surface area contributed by atoms with Crippen molar-refractivity contribution in [1.29, 1.82) is 0 Å². The minimum absolute atomic E-state index is 0.108. The van der Waals surface area contributed by atoms with Crippen LogP contribution in [0.4, 0.5) is 0 Å². The predicted molar refractivity (Wildman–Crippen MR) is 90.3 cm³/mol. The molecular formula is C15H31NO2S2. The molecule has 0 bridgehead atoms. The van der Waals surface area contributed by atoms with Crippen LogP contribution in [0.5, 0.6) is 0 Å². The molecule has 0 spiro atoms. The summed E-state index contributed by atoms with van der Waals surface area (Å²) in [5.41, 5.74) is 0. The third-order valence-electron chi connectivity index (χ3n) is 4.14. The predicted octanol–water partition coefficient (Wildman–Crippen LogP) is 3.10. The smallest absolute Gasteiger partial charge is 0.150 e. The van der Waals surface area contributed by atoms with Gasteiger partial charge in [0.05, 0.1) is 5.25 Å². The first kappa shape index (κ1) is 18.3. The van der Waals surface area contributed by atoms with Gasteiger partial charge in [0.15, 0.2) is 0 Å². The second kappa shape index (κ2) is 9.31. The molecule has 1 rings (SSSR count). The minimum Gasteiger partial charge on any atom is -0.313 e. The molecule has 3 atom stereocenters. The van der Waals surface area contributed by atoms with Gasteiger partial charge in [-0.05, 0) is 50.3 Å². The van der Waals surface area contributed by atoms with Gasteiger partial charge in [-0.15, -0.1) is 0 Å². The van der Waals surface area contributed by atoms with Gasteiger partial charge in [-0.2, -0.15) is 11.8 Å². The molecule has 1 aliphatic carbocycles. The van der Waals surface area contributed by atoms with Crippen molar-refractivity contribution in [3.8, 4) is 0 Å². The van der Waals surface area contributed by atoms with E-state index in [9.17, 15) is 8.42 Å². The summed E-state index contributed by atoms with van der Waals surface area (Å²) in [6, 6.07) is 0.482. The quantitative estimate of drug-likeness (QED) is 0.663. The van der Waals surface area contributed by atoms with Crippen molar-refractivity contribution in [2.24, 2.45) is 5.92 Å². The molecule has 1 saturated carbocycles. The maximum atomic E-state index is 11.8. The molecule has 3 nitrogen and oxygen atoms in total. The number of nitrogens with one attached hydrogen (secondary N) is 1. The van der Waals surface area contributed by atoms with Crippen LogP contribution in [0.25, 0.3) is 0 Å². The highest BCUT2D eigenvalue weighted by molar-refractivity contribution is 7.99. The van der Waals surface area contributed by atoms with E-state index in [4.69, 9.17) is 0 Å². The topological polar surface area (TPSA) is 46.2 Å². The highest BCUT2D eigenvalue weighted by Gasteiger charge is 2.32. The van der Waals surface area contributed by atoms with Crippen LogP contribution < -0.4 is 5.32 Å². The molecule has 0 aliphatic heterocycles. The van der Waals surface area contributed by atoms with E-state index in [0.29, 0.717) is 12.0 Å². The van der Waals surface area contributed by atoms with E-state index in [1.54, 1.807) is 0 Å². The Balaban J connectivity index is 2.58. The van der Waals surface area contributed by atoms with Gasteiger partial charge in [0, 0.05) is 18.1 Å². The van der Waals surface area contributed by atoms with Crippen LogP contribution >= 0.6 is 11.8 Å². The summed E-state index contributed by atoms with van der Waals surface area (Å²) >= 11 is 2.00. The molecular weight excluding hydrogens is 290 g/mol. The highest BCUT2D eigenvalue weighted by Crippen LogP contribution is 2.31. The lowest BCUT2D eigenvalue weighted by Crippen LogP contribution is -2.43. The SMILES string of the molecule is CCCNC(CSCCC)C1CCCC(S(C)(=O)=O)C1. The summed E-state index contributed by atoms with van der Waals surface area (Å²) < 4.78 is 23.6. The second-order valence-electron chi connectivity index (χ2n) is 6.01. The Kier molecular flexibility index (Phi) is 8.53. The van der Waals surface area contributed by atoms with E-state index in [0.717, 1.165) is 38.0 Å². The normalized spacial score (nSPS) is 25.6. The average molecular weight is 322 g/mol. The first-order valence-corrected chi connectivity index (χ1v) is 11.1. The molecule has 0 aromatic carbocycles. The Morgan fingerprint density at radius 2 is 2.00 bits per heavy atom. The van der Waals surface area contributed by atoms with Crippen molar-refractivity contribution in [3.63, 3.8) is 0 Å². The molecule has 0 radical (unpaired) electrons. The Morgan fingerprint density at radius 3 is 2.60 bits per heavy atom. The van der Waals surface area contributed by atoms with E-state index in [-0.39, 0.29) is 5.25 Å². The molecule has 1 aliphatic rings. The molecule has 1 fully saturated rings. The Morgan fingerprint density at radius 1 is 1.25 bits per heavy atom. The third-order valence-corrected chi connectivity index (χ3v) is 7.07. The summed E-state index contributed by atoms with van der Waals surface area (Å²) in [5, 5.41) is 3.55. The molecule has 0 amide bonds. The molecule has 0 aromatic rings.